The highest BCUT2D eigenvalue weighted by molar-refractivity contribution is 5.74. The van der Waals surface area contributed by atoms with Crippen molar-refractivity contribution in [2.45, 2.75) is 39.5 Å². The quantitative estimate of drug-likeness (QED) is 0.134. The number of ether oxygens (including phenoxy) is 2. The third-order valence-electron chi connectivity index (χ3n) is 6.45. The summed E-state index contributed by atoms with van der Waals surface area (Å²) < 4.78 is 12.6. The van der Waals surface area contributed by atoms with Crippen LogP contribution in [-0.2, 0) is 12.8 Å². The highest BCUT2D eigenvalue weighted by Gasteiger charge is 2.09. The largest absolute Gasteiger partial charge is 0.493 e. The molecule has 0 aliphatic carbocycles. The first kappa shape index (κ1) is 27.0. The van der Waals surface area contributed by atoms with Crippen LogP contribution in [0.3, 0.4) is 0 Å². The summed E-state index contributed by atoms with van der Waals surface area (Å²) in [6.07, 6.45) is 12.4. The molecule has 0 aliphatic rings. The standard InChI is InChI=1S/C36H38O2/c1-3-13-32-18-10-19-33(27-32)22-23-34-28-35(37-24-11-20-30-14-6-4-7-15-30)29(2)26-36(34)38-25-12-21-31-16-8-5-9-17-31/h3-10,13-19,22-23,26-28H,11-12,20-21,24-25H2,1-2H3. The summed E-state index contributed by atoms with van der Waals surface area (Å²) in [4.78, 5) is 0. The summed E-state index contributed by atoms with van der Waals surface area (Å²) in [5.41, 5.74) is 7.16. The monoisotopic (exact) mass is 502 g/mol. The van der Waals surface area contributed by atoms with Crippen LogP contribution in [0.2, 0.25) is 0 Å². The fraction of sp³-hybridized carbons (Fsp3) is 0.222. The second-order valence-corrected chi connectivity index (χ2v) is 9.53. The molecule has 0 atom stereocenters. The summed E-state index contributed by atoms with van der Waals surface area (Å²) in [7, 11) is 0. The number of aryl methyl sites for hydroxylation is 3. The second-order valence-electron chi connectivity index (χ2n) is 9.53. The van der Waals surface area contributed by atoms with E-state index < -0.39 is 0 Å². The van der Waals surface area contributed by atoms with Crippen molar-refractivity contribution in [1.82, 2.24) is 0 Å². The van der Waals surface area contributed by atoms with E-state index in [1.807, 2.05) is 6.92 Å². The first-order valence-electron chi connectivity index (χ1n) is 13.6. The van der Waals surface area contributed by atoms with E-state index in [1.165, 1.54) is 16.7 Å². The van der Waals surface area contributed by atoms with Gasteiger partial charge in [-0.1, -0.05) is 103 Å². The average molecular weight is 503 g/mol. The predicted molar refractivity (Wildman–Crippen MR) is 162 cm³/mol. The molecule has 0 saturated carbocycles. The Morgan fingerprint density at radius 1 is 0.579 bits per heavy atom. The van der Waals surface area contributed by atoms with Crippen molar-refractivity contribution in [3.8, 4) is 11.5 Å². The lowest BCUT2D eigenvalue weighted by atomic mass is 10.1. The number of allylic oxidation sites excluding steroid dienone is 1. The topological polar surface area (TPSA) is 18.5 Å². The lowest BCUT2D eigenvalue weighted by Gasteiger charge is -2.15. The molecular formula is C36H38O2. The Morgan fingerprint density at radius 3 is 1.76 bits per heavy atom. The lowest BCUT2D eigenvalue weighted by molar-refractivity contribution is 0.300. The molecule has 4 rings (SSSR count). The van der Waals surface area contributed by atoms with Gasteiger partial charge in [-0.25, -0.2) is 0 Å². The maximum atomic E-state index is 6.31. The van der Waals surface area contributed by atoms with Crippen LogP contribution >= 0.6 is 0 Å². The van der Waals surface area contributed by atoms with Gasteiger partial charge >= 0.3 is 0 Å². The average Bonchev–Trinajstić information content (AvgIpc) is 2.95. The van der Waals surface area contributed by atoms with Crippen molar-refractivity contribution in [3.05, 3.63) is 137 Å². The summed E-state index contributed by atoms with van der Waals surface area (Å²) >= 11 is 0. The van der Waals surface area contributed by atoms with Crippen LogP contribution in [0, 0.1) is 6.92 Å². The van der Waals surface area contributed by atoms with E-state index >= 15 is 0 Å². The van der Waals surface area contributed by atoms with Gasteiger partial charge in [0.15, 0.2) is 0 Å². The highest BCUT2D eigenvalue weighted by atomic mass is 16.5. The number of hydrogen-bond donors (Lipinski definition) is 0. The lowest BCUT2D eigenvalue weighted by Crippen LogP contribution is -2.04. The molecule has 2 nitrogen and oxygen atoms in total. The second kappa shape index (κ2) is 14.6. The molecule has 4 aromatic carbocycles. The molecule has 194 valence electrons. The Bertz CT molecular complexity index is 1320. The van der Waals surface area contributed by atoms with Crippen molar-refractivity contribution in [2.75, 3.05) is 13.2 Å². The molecule has 0 unspecified atom stereocenters. The van der Waals surface area contributed by atoms with E-state index in [0.29, 0.717) is 13.2 Å². The van der Waals surface area contributed by atoms with Gasteiger partial charge in [0.2, 0.25) is 0 Å². The maximum absolute atomic E-state index is 6.31. The highest BCUT2D eigenvalue weighted by Crippen LogP contribution is 2.31. The third kappa shape index (κ3) is 8.52. The molecule has 0 spiro atoms. The summed E-state index contributed by atoms with van der Waals surface area (Å²) in [5, 5.41) is 0. The van der Waals surface area contributed by atoms with Crippen molar-refractivity contribution in [2.24, 2.45) is 0 Å². The number of hydrogen-bond acceptors (Lipinski definition) is 2. The van der Waals surface area contributed by atoms with E-state index in [1.54, 1.807) is 0 Å². The van der Waals surface area contributed by atoms with Gasteiger partial charge in [-0.3, -0.25) is 0 Å². The Balaban J connectivity index is 1.46. The van der Waals surface area contributed by atoms with Crippen LogP contribution in [0.1, 0.15) is 53.1 Å². The van der Waals surface area contributed by atoms with Gasteiger partial charge in [0.25, 0.3) is 0 Å². The van der Waals surface area contributed by atoms with Gasteiger partial charge in [0.1, 0.15) is 11.5 Å². The molecule has 0 amide bonds. The van der Waals surface area contributed by atoms with Gasteiger partial charge in [-0.15, -0.1) is 0 Å². The normalized spacial score (nSPS) is 11.3. The van der Waals surface area contributed by atoms with Crippen molar-refractivity contribution < 1.29 is 9.47 Å². The summed E-state index contributed by atoms with van der Waals surface area (Å²) in [6, 6.07) is 33.9. The van der Waals surface area contributed by atoms with E-state index in [4.69, 9.17) is 9.47 Å². The van der Waals surface area contributed by atoms with Crippen LogP contribution in [0.5, 0.6) is 11.5 Å². The first-order valence-corrected chi connectivity index (χ1v) is 13.6. The molecule has 2 heteroatoms. The van der Waals surface area contributed by atoms with Crippen LogP contribution in [0.15, 0.2) is 103 Å². The Kier molecular flexibility index (Phi) is 10.4. The molecule has 38 heavy (non-hydrogen) atoms. The Hall–Kier alpha value is -4.04. The van der Waals surface area contributed by atoms with Crippen molar-refractivity contribution in [3.63, 3.8) is 0 Å². The SMILES string of the molecule is CC=Cc1cccc(C=Cc2cc(OCCCc3ccccc3)c(C)cc2OCCCc2ccccc2)c1. The number of benzene rings is 4. The minimum absolute atomic E-state index is 0.670. The molecule has 0 radical (unpaired) electrons. The zero-order valence-electron chi connectivity index (χ0n) is 22.6. The number of rotatable bonds is 13. The fourth-order valence-electron chi connectivity index (χ4n) is 4.44. The van der Waals surface area contributed by atoms with Crippen molar-refractivity contribution >= 4 is 18.2 Å². The van der Waals surface area contributed by atoms with Crippen LogP contribution in [0.25, 0.3) is 18.2 Å². The summed E-state index contributed by atoms with van der Waals surface area (Å²) in [6.45, 7) is 5.49. The maximum Gasteiger partial charge on any atom is 0.127 e. The molecular weight excluding hydrogens is 464 g/mol. The van der Waals surface area contributed by atoms with E-state index in [-0.39, 0.29) is 0 Å². The van der Waals surface area contributed by atoms with E-state index in [2.05, 4.69) is 128 Å². The molecule has 0 saturated heterocycles. The van der Waals surface area contributed by atoms with Gasteiger partial charge in [-0.05, 0) is 85.5 Å². The smallest absolute Gasteiger partial charge is 0.127 e. The molecule has 0 aromatic heterocycles. The van der Waals surface area contributed by atoms with Gasteiger partial charge in [0.05, 0.1) is 13.2 Å². The molecule has 0 heterocycles. The minimum Gasteiger partial charge on any atom is -0.493 e. The molecule has 0 N–H and O–H groups in total. The van der Waals surface area contributed by atoms with Gasteiger partial charge < -0.3 is 9.47 Å². The van der Waals surface area contributed by atoms with Crippen LogP contribution in [-0.4, -0.2) is 13.2 Å². The van der Waals surface area contributed by atoms with Crippen LogP contribution < -0.4 is 9.47 Å². The van der Waals surface area contributed by atoms with E-state index in [0.717, 1.165) is 53.9 Å². The van der Waals surface area contributed by atoms with Crippen molar-refractivity contribution in [1.29, 1.82) is 0 Å². The van der Waals surface area contributed by atoms with E-state index in [9.17, 15) is 0 Å². The molecule has 0 aliphatic heterocycles. The third-order valence-corrected chi connectivity index (χ3v) is 6.45. The fourth-order valence-corrected chi connectivity index (χ4v) is 4.44. The molecule has 0 bridgehead atoms. The Morgan fingerprint density at radius 2 is 1.16 bits per heavy atom. The zero-order chi connectivity index (χ0) is 26.4. The van der Waals surface area contributed by atoms with Gasteiger partial charge in [0, 0.05) is 5.56 Å². The minimum atomic E-state index is 0.670. The Labute approximate surface area is 228 Å². The molecule has 4 aromatic rings. The summed E-state index contributed by atoms with van der Waals surface area (Å²) in [5.74, 6) is 1.81. The van der Waals surface area contributed by atoms with Crippen LogP contribution in [0.4, 0.5) is 0 Å². The zero-order valence-corrected chi connectivity index (χ0v) is 22.6. The first-order chi connectivity index (χ1) is 18.7. The molecule has 0 fully saturated rings. The van der Waals surface area contributed by atoms with Gasteiger partial charge in [-0.2, -0.15) is 0 Å². The predicted octanol–water partition coefficient (Wildman–Crippen LogP) is 9.22.